The molecule has 3 heterocycles. The third kappa shape index (κ3) is 3.02. The van der Waals surface area contributed by atoms with E-state index in [-0.39, 0.29) is 12.7 Å². The molecule has 1 aromatic carbocycles. The number of nitrogens with zero attached hydrogens (tertiary/aromatic N) is 1. The maximum Gasteiger partial charge on any atom is 0.263 e. The van der Waals surface area contributed by atoms with Gasteiger partial charge in [-0.15, -0.1) is 11.3 Å². The Bertz CT molecular complexity index is 725. The lowest BCUT2D eigenvalue weighted by molar-refractivity contribution is 0.0954. The topological polar surface area (TPSA) is 72.5 Å². The van der Waals surface area contributed by atoms with Crippen molar-refractivity contribution in [3.63, 3.8) is 0 Å². The van der Waals surface area contributed by atoms with E-state index >= 15 is 0 Å². The van der Waals surface area contributed by atoms with E-state index in [1.807, 2.05) is 18.2 Å². The SMILES string of the molecule is O=C(NCC1CCCN1)c1cnc(-c2ccc3c(c2)OCO3)s1. The van der Waals surface area contributed by atoms with Crippen LogP contribution in [0.4, 0.5) is 0 Å². The van der Waals surface area contributed by atoms with Gasteiger partial charge >= 0.3 is 0 Å². The maximum absolute atomic E-state index is 12.2. The number of thiazole rings is 1. The van der Waals surface area contributed by atoms with Crippen molar-refractivity contribution in [3.8, 4) is 22.1 Å². The zero-order valence-corrected chi connectivity index (χ0v) is 13.3. The normalized spacial score (nSPS) is 19.0. The van der Waals surface area contributed by atoms with E-state index in [2.05, 4.69) is 15.6 Å². The molecule has 2 aliphatic heterocycles. The fourth-order valence-electron chi connectivity index (χ4n) is 2.78. The molecule has 6 nitrogen and oxygen atoms in total. The summed E-state index contributed by atoms with van der Waals surface area (Å²) in [6.45, 7) is 1.95. The van der Waals surface area contributed by atoms with Gasteiger partial charge in [-0.3, -0.25) is 4.79 Å². The number of hydrogen-bond donors (Lipinski definition) is 2. The third-order valence-electron chi connectivity index (χ3n) is 4.02. The van der Waals surface area contributed by atoms with Gasteiger partial charge in [-0.25, -0.2) is 4.98 Å². The lowest BCUT2D eigenvalue weighted by Crippen LogP contribution is -2.36. The lowest BCUT2D eigenvalue weighted by Gasteiger charge is -2.10. The zero-order chi connectivity index (χ0) is 15.6. The molecule has 0 bridgehead atoms. The molecule has 0 spiro atoms. The third-order valence-corrected chi connectivity index (χ3v) is 5.07. The Morgan fingerprint density at radius 2 is 2.30 bits per heavy atom. The van der Waals surface area contributed by atoms with Gasteiger partial charge in [-0.1, -0.05) is 0 Å². The number of ether oxygens (including phenoxy) is 2. The lowest BCUT2D eigenvalue weighted by atomic mass is 10.2. The van der Waals surface area contributed by atoms with Crippen molar-refractivity contribution < 1.29 is 14.3 Å². The minimum absolute atomic E-state index is 0.0665. The summed E-state index contributed by atoms with van der Waals surface area (Å²) in [4.78, 5) is 17.2. The highest BCUT2D eigenvalue weighted by atomic mass is 32.1. The molecule has 2 aromatic rings. The van der Waals surface area contributed by atoms with Crippen molar-refractivity contribution in [1.82, 2.24) is 15.6 Å². The summed E-state index contributed by atoms with van der Waals surface area (Å²) in [5, 5.41) is 7.14. The van der Waals surface area contributed by atoms with E-state index in [0.717, 1.165) is 35.0 Å². The quantitative estimate of drug-likeness (QED) is 0.897. The summed E-state index contributed by atoms with van der Waals surface area (Å²) in [6.07, 6.45) is 3.92. The molecule has 0 aliphatic carbocycles. The van der Waals surface area contributed by atoms with Crippen LogP contribution in [0, 0.1) is 0 Å². The number of carbonyl (C=O) groups excluding carboxylic acids is 1. The molecule has 1 saturated heterocycles. The highest BCUT2D eigenvalue weighted by Gasteiger charge is 2.18. The van der Waals surface area contributed by atoms with Crippen molar-refractivity contribution >= 4 is 17.2 Å². The fraction of sp³-hybridized carbons (Fsp3) is 0.375. The second-order valence-corrected chi connectivity index (χ2v) is 6.63. The Kier molecular flexibility index (Phi) is 3.88. The van der Waals surface area contributed by atoms with Gasteiger partial charge in [0.15, 0.2) is 11.5 Å². The average Bonchev–Trinajstić information content (AvgIpc) is 3.32. The van der Waals surface area contributed by atoms with E-state index in [1.165, 1.54) is 17.8 Å². The minimum atomic E-state index is -0.0665. The summed E-state index contributed by atoms with van der Waals surface area (Å²) in [7, 11) is 0. The molecular weight excluding hydrogens is 314 g/mol. The molecule has 1 aromatic heterocycles. The van der Waals surface area contributed by atoms with E-state index < -0.39 is 0 Å². The van der Waals surface area contributed by atoms with Gasteiger partial charge in [-0.2, -0.15) is 0 Å². The summed E-state index contributed by atoms with van der Waals surface area (Å²) >= 11 is 1.38. The molecule has 2 aliphatic rings. The fourth-order valence-corrected chi connectivity index (χ4v) is 3.60. The van der Waals surface area contributed by atoms with Crippen LogP contribution < -0.4 is 20.1 Å². The van der Waals surface area contributed by atoms with E-state index in [4.69, 9.17) is 9.47 Å². The molecule has 1 amide bonds. The van der Waals surface area contributed by atoms with Crippen molar-refractivity contribution in [3.05, 3.63) is 29.3 Å². The number of fused-ring (bicyclic) bond motifs is 1. The first-order valence-corrected chi connectivity index (χ1v) is 8.49. The summed E-state index contributed by atoms with van der Waals surface area (Å²) in [5.41, 5.74) is 0.927. The Balaban J connectivity index is 1.44. The molecule has 0 radical (unpaired) electrons. The largest absolute Gasteiger partial charge is 0.454 e. The molecule has 1 atom stereocenters. The van der Waals surface area contributed by atoms with Gasteiger partial charge in [0, 0.05) is 18.2 Å². The maximum atomic E-state index is 12.2. The van der Waals surface area contributed by atoms with Gasteiger partial charge < -0.3 is 20.1 Å². The van der Waals surface area contributed by atoms with Crippen molar-refractivity contribution in [2.45, 2.75) is 18.9 Å². The van der Waals surface area contributed by atoms with Crippen LogP contribution in [0.2, 0.25) is 0 Å². The second-order valence-electron chi connectivity index (χ2n) is 5.60. The molecule has 23 heavy (non-hydrogen) atoms. The highest BCUT2D eigenvalue weighted by molar-refractivity contribution is 7.16. The predicted molar refractivity (Wildman–Crippen MR) is 87.0 cm³/mol. The van der Waals surface area contributed by atoms with Gasteiger partial charge in [0.2, 0.25) is 6.79 Å². The number of nitrogens with one attached hydrogen (secondary N) is 2. The highest BCUT2D eigenvalue weighted by Crippen LogP contribution is 2.36. The number of hydrogen-bond acceptors (Lipinski definition) is 6. The van der Waals surface area contributed by atoms with Crippen molar-refractivity contribution in [1.29, 1.82) is 0 Å². The Hall–Kier alpha value is -2.12. The zero-order valence-electron chi connectivity index (χ0n) is 12.5. The number of rotatable bonds is 4. The second kappa shape index (κ2) is 6.17. The number of benzene rings is 1. The van der Waals surface area contributed by atoms with Crippen LogP contribution >= 0.6 is 11.3 Å². The molecule has 7 heteroatoms. The number of amides is 1. The minimum Gasteiger partial charge on any atom is -0.454 e. The number of carbonyl (C=O) groups is 1. The van der Waals surface area contributed by atoms with Gasteiger partial charge in [0.1, 0.15) is 9.88 Å². The van der Waals surface area contributed by atoms with Crippen LogP contribution in [0.25, 0.3) is 10.6 Å². The standard InChI is InChI=1S/C16H17N3O3S/c20-15(18-7-11-2-1-5-17-11)14-8-19-16(23-14)10-3-4-12-13(6-10)22-9-21-12/h3-4,6,8,11,17H,1-2,5,7,9H2,(H,18,20). The predicted octanol–water partition coefficient (Wildman–Crippen LogP) is 2.02. The van der Waals surface area contributed by atoms with Gasteiger partial charge in [-0.05, 0) is 37.6 Å². The number of aromatic nitrogens is 1. The van der Waals surface area contributed by atoms with Crippen LogP contribution in [0.1, 0.15) is 22.5 Å². The van der Waals surface area contributed by atoms with E-state index in [1.54, 1.807) is 6.20 Å². The molecule has 1 unspecified atom stereocenters. The Labute approximate surface area is 137 Å². The summed E-state index contributed by atoms with van der Waals surface area (Å²) < 4.78 is 10.7. The molecule has 0 saturated carbocycles. The molecule has 120 valence electrons. The monoisotopic (exact) mass is 331 g/mol. The first-order chi connectivity index (χ1) is 11.3. The Morgan fingerprint density at radius 3 is 3.17 bits per heavy atom. The van der Waals surface area contributed by atoms with Gasteiger partial charge in [0.25, 0.3) is 5.91 Å². The van der Waals surface area contributed by atoms with Crippen LogP contribution in [-0.2, 0) is 0 Å². The molecular formula is C16H17N3O3S. The van der Waals surface area contributed by atoms with Gasteiger partial charge in [0.05, 0.1) is 6.20 Å². The smallest absolute Gasteiger partial charge is 0.263 e. The first kappa shape index (κ1) is 14.5. The van der Waals surface area contributed by atoms with Crippen LogP contribution in [0.15, 0.2) is 24.4 Å². The van der Waals surface area contributed by atoms with Crippen LogP contribution in [-0.4, -0.2) is 36.8 Å². The molecule has 1 fully saturated rings. The van der Waals surface area contributed by atoms with Crippen LogP contribution in [0.3, 0.4) is 0 Å². The summed E-state index contributed by atoms with van der Waals surface area (Å²) in [6, 6.07) is 6.08. The molecule has 2 N–H and O–H groups in total. The van der Waals surface area contributed by atoms with E-state index in [9.17, 15) is 4.79 Å². The summed E-state index contributed by atoms with van der Waals surface area (Å²) in [5.74, 6) is 1.39. The first-order valence-electron chi connectivity index (χ1n) is 7.67. The van der Waals surface area contributed by atoms with Crippen molar-refractivity contribution in [2.24, 2.45) is 0 Å². The van der Waals surface area contributed by atoms with Crippen molar-refractivity contribution in [2.75, 3.05) is 19.9 Å². The average molecular weight is 331 g/mol. The molecule has 4 rings (SSSR count). The van der Waals surface area contributed by atoms with E-state index in [0.29, 0.717) is 17.5 Å². The van der Waals surface area contributed by atoms with Crippen LogP contribution in [0.5, 0.6) is 11.5 Å². The Morgan fingerprint density at radius 1 is 1.39 bits per heavy atom.